The van der Waals surface area contributed by atoms with Crippen molar-refractivity contribution in [3.63, 3.8) is 0 Å². The van der Waals surface area contributed by atoms with Crippen LogP contribution in [0, 0.1) is 17.3 Å². The van der Waals surface area contributed by atoms with Crippen LogP contribution in [0.4, 0.5) is 0 Å². The fourth-order valence-corrected chi connectivity index (χ4v) is 4.22. The molecular weight excluding hydrogens is 328 g/mol. The van der Waals surface area contributed by atoms with Crippen LogP contribution in [0.5, 0.6) is 0 Å². The molecule has 2 aromatic rings. The van der Waals surface area contributed by atoms with Gasteiger partial charge in [0.05, 0.1) is 19.0 Å². The van der Waals surface area contributed by atoms with E-state index in [-0.39, 0.29) is 5.41 Å². The summed E-state index contributed by atoms with van der Waals surface area (Å²) in [5.41, 5.74) is 2.20. The summed E-state index contributed by atoms with van der Waals surface area (Å²) in [6.07, 6.45) is 9.64. The van der Waals surface area contributed by atoms with Gasteiger partial charge in [-0.2, -0.15) is 5.10 Å². The molecule has 0 aromatic carbocycles. The Kier molecular flexibility index (Phi) is 5.09. The van der Waals surface area contributed by atoms with Gasteiger partial charge in [0.2, 0.25) is 0 Å². The zero-order valence-corrected chi connectivity index (χ0v) is 15.9. The van der Waals surface area contributed by atoms with Crippen molar-refractivity contribution in [1.29, 1.82) is 0 Å². The molecule has 142 valence electrons. The van der Waals surface area contributed by atoms with Gasteiger partial charge >= 0.3 is 0 Å². The van der Waals surface area contributed by atoms with E-state index in [1.165, 1.54) is 12.8 Å². The lowest BCUT2D eigenvalue weighted by Gasteiger charge is -2.41. The van der Waals surface area contributed by atoms with Crippen molar-refractivity contribution < 1.29 is 4.74 Å². The lowest BCUT2D eigenvalue weighted by Crippen LogP contribution is -2.46. The summed E-state index contributed by atoms with van der Waals surface area (Å²) in [5, 5.41) is 16.9. The van der Waals surface area contributed by atoms with Crippen LogP contribution in [0.3, 0.4) is 0 Å². The molecule has 4 rings (SSSR count). The quantitative estimate of drug-likeness (QED) is 0.857. The highest BCUT2D eigenvalue weighted by atomic mass is 16.5. The topological polar surface area (TPSA) is 69.8 Å². The number of nitrogens with zero attached hydrogens (tertiary/aromatic N) is 5. The predicted molar refractivity (Wildman–Crippen MR) is 99.5 cm³/mol. The third-order valence-corrected chi connectivity index (χ3v) is 6.14. The maximum Gasteiger partial charge on any atom is 0.116 e. The molecule has 0 amide bonds. The summed E-state index contributed by atoms with van der Waals surface area (Å²) in [7, 11) is 0. The molecule has 2 saturated heterocycles. The highest BCUT2D eigenvalue weighted by Crippen LogP contribution is 2.36. The molecule has 2 unspecified atom stereocenters. The van der Waals surface area contributed by atoms with Gasteiger partial charge in [-0.05, 0) is 31.7 Å². The number of nitrogens with one attached hydrogen (secondary N) is 1. The number of hydrogen-bond acceptors (Lipinski definition) is 5. The van der Waals surface area contributed by atoms with E-state index in [1.54, 1.807) is 0 Å². The van der Waals surface area contributed by atoms with Crippen LogP contribution in [-0.4, -0.2) is 51.1 Å². The zero-order valence-electron chi connectivity index (χ0n) is 15.9. The smallest absolute Gasteiger partial charge is 0.116 e. The molecule has 7 nitrogen and oxygen atoms in total. The maximum atomic E-state index is 5.45. The van der Waals surface area contributed by atoms with E-state index in [9.17, 15) is 0 Å². The largest absolute Gasteiger partial charge is 0.381 e. The minimum Gasteiger partial charge on any atom is -0.381 e. The predicted octanol–water partition coefficient (Wildman–Crippen LogP) is 2.20. The van der Waals surface area contributed by atoms with Gasteiger partial charge in [-0.3, -0.25) is 9.36 Å². The first-order chi connectivity index (χ1) is 12.6. The second kappa shape index (κ2) is 7.48. The standard InChI is InChI=1S/C19H30N6O/c1-15(2)19(5-3-6-20-13-19)14-25-11-18(22-23-25)17-8-21-24(10-17)9-16-4-7-26-12-16/h8,10-11,15-16,20H,3-7,9,12-14H2,1-2H3. The van der Waals surface area contributed by atoms with Crippen molar-refractivity contribution in [2.75, 3.05) is 26.3 Å². The molecular formula is C19H30N6O. The van der Waals surface area contributed by atoms with Gasteiger partial charge in [0.25, 0.3) is 0 Å². The number of rotatable bonds is 6. The average Bonchev–Trinajstić information content (AvgIpc) is 3.38. The Labute approximate surface area is 155 Å². The maximum absolute atomic E-state index is 5.45. The number of aromatic nitrogens is 5. The minimum absolute atomic E-state index is 0.260. The van der Waals surface area contributed by atoms with Gasteiger partial charge in [0, 0.05) is 49.3 Å². The second-order valence-corrected chi connectivity index (χ2v) is 8.28. The number of piperidine rings is 1. The summed E-state index contributed by atoms with van der Waals surface area (Å²) >= 11 is 0. The van der Waals surface area contributed by atoms with Crippen LogP contribution in [0.15, 0.2) is 18.6 Å². The first kappa shape index (κ1) is 17.7. The van der Waals surface area contributed by atoms with Crippen LogP contribution < -0.4 is 5.32 Å². The molecule has 2 aromatic heterocycles. The first-order valence-corrected chi connectivity index (χ1v) is 9.86. The van der Waals surface area contributed by atoms with Gasteiger partial charge in [0.15, 0.2) is 0 Å². The van der Waals surface area contributed by atoms with Crippen LogP contribution in [0.2, 0.25) is 0 Å². The Bertz CT molecular complexity index is 709. The van der Waals surface area contributed by atoms with E-state index in [1.807, 2.05) is 15.6 Å². The summed E-state index contributed by atoms with van der Waals surface area (Å²) in [5.74, 6) is 1.18. The molecule has 26 heavy (non-hydrogen) atoms. The van der Waals surface area contributed by atoms with Gasteiger partial charge in [-0.1, -0.05) is 19.1 Å². The summed E-state index contributed by atoms with van der Waals surface area (Å²) < 4.78 is 9.48. The van der Waals surface area contributed by atoms with Crippen LogP contribution >= 0.6 is 0 Å². The number of hydrogen-bond donors (Lipinski definition) is 1. The van der Waals surface area contributed by atoms with Crippen molar-refractivity contribution in [2.24, 2.45) is 17.3 Å². The molecule has 0 saturated carbocycles. The van der Waals surface area contributed by atoms with Gasteiger partial charge in [-0.25, -0.2) is 0 Å². The third kappa shape index (κ3) is 3.69. The van der Waals surface area contributed by atoms with E-state index in [0.29, 0.717) is 11.8 Å². The second-order valence-electron chi connectivity index (χ2n) is 8.28. The molecule has 0 radical (unpaired) electrons. The van der Waals surface area contributed by atoms with E-state index in [0.717, 1.165) is 57.1 Å². The minimum atomic E-state index is 0.260. The molecule has 2 aliphatic rings. The summed E-state index contributed by atoms with van der Waals surface area (Å²) in [6.45, 7) is 10.4. The fraction of sp³-hybridized carbons (Fsp3) is 0.737. The van der Waals surface area contributed by atoms with Gasteiger partial charge in [0.1, 0.15) is 5.69 Å². The van der Waals surface area contributed by atoms with E-state index in [2.05, 4.69) is 47.0 Å². The molecule has 0 aliphatic carbocycles. The molecule has 1 N–H and O–H groups in total. The SMILES string of the molecule is CC(C)C1(Cn2cc(-c3cnn(CC4CCOC4)c3)nn2)CCCNC1. The van der Waals surface area contributed by atoms with Crippen molar-refractivity contribution in [1.82, 2.24) is 30.1 Å². The molecule has 0 bridgehead atoms. The van der Waals surface area contributed by atoms with Gasteiger partial charge in [-0.15, -0.1) is 5.10 Å². The summed E-state index contributed by atoms with van der Waals surface area (Å²) in [4.78, 5) is 0. The Morgan fingerprint density at radius 3 is 3.00 bits per heavy atom. The van der Waals surface area contributed by atoms with Crippen molar-refractivity contribution in [2.45, 2.75) is 46.2 Å². The van der Waals surface area contributed by atoms with E-state index in [4.69, 9.17) is 4.74 Å². The van der Waals surface area contributed by atoms with Crippen molar-refractivity contribution in [3.8, 4) is 11.3 Å². The highest BCUT2D eigenvalue weighted by molar-refractivity contribution is 5.54. The average molecular weight is 358 g/mol. The molecule has 2 aliphatic heterocycles. The molecule has 4 heterocycles. The fourth-order valence-electron chi connectivity index (χ4n) is 4.22. The first-order valence-electron chi connectivity index (χ1n) is 9.86. The Morgan fingerprint density at radius 1 is 1.35 bits per heavy atom. The third-order valence-electron chi connectivity index (χ3n) is 6.14. The Hall–Kier alpha value is -1.73. The van der Waals surface area contributed by atoms with Crippen LogP contribution in [0.1, 0.15) is 33.1 Å². The van der Waals surface area contributed by atoms with E-state index >= 15 is 0 Å². The lowest BCUT2D eigenvalue weighted by molar-refractivity contribution is 0.103. The Morgan fingerprint density at radius 2 is 2.27 bits per heavy atom. The van der Waals surface area contributed by atoms with E-state index < -0.39 is 0 Å². The van der Waals surface area contributed by atoms with Crippen LogP contribution in [0.25, 0.3) is 11.3 Å². The lowest BCUT2D eigenvalue weighted by atomic mass is 9.72. The van der Waals surface area contributed by atoms with Crippen LogP contribution in [-0.2, 0) is 17.8 Å². The monoisotopic (exact) mass is 358 g/mol. The van der Waals surface area contributed by atoms with Crippen molar-refractivity contribution in [3.05, 3.63) is 18.6 Å². The summed E-state index contributed by atoms with van der Waals surface area (Å²) in [6, 6.07) is 0. The van der Waals surface area contributed by atoms with Gasteiger partial charge < -0.3 is 10.1 Å². The molecule has 0 spiro atoms. The Balaban J connectivity index is 1.45. The molecule has 2 fully saturated rings. The highest BCUT2D eigenvalue weighted by Gasteiger charge is 2.36. The van der Waals surface area contributed by atoms with Crippen molar-refractivity contribution >= 4 is 0 Å². The number of ether oxygens (including phenoxy) is 1. The molecule has 2 atom stereocenters. The normalized spacial score (nSPS) is 26.7. The zero-order chi connectivity index (χ0) is 18.0. The molecule has 7 heteroatoms.